The number of hydrogen-bond acceptors (Lipinski definition) is 5. The van der Waals surface area contributed by atoms with Crippen molar-refractivity contribution in [3.8, 4) is 11.4 Å². The van der Waals surface area contributed by atoms with E-state index in [1.165, 1.54) is 11.8 Å². The third-order valence-corrected chi connectivity index (χ3v) is 5.47. The van der Waals surface area contributed by atoms with Gasteiger partial charge >= 0.3 is 5.69 Å². The van der Waals surface area contributed by atoms with Crippen LogP contribution in [0.15, 0.2) is 64.8 Å². The summed E-state index contributed by atoms with van der Waals surface area (Å²) in [4.78, 5) is 33.8. The largest absolute Gasteiger partial charge is 0.497 e. The number of benzene rings is 2. The number of methoxy groups -OCH3 is 1. The minimum Gasteiger partial charge on any atom is -0.497 e. The lowest BCUT2D eigenvalue weighted by molar-refractivity contribution is -0.115. The fourth-order valence-electron chi connectivity index (χ4n) is 2.88. The Bertz CT molecular complexity index is 1210. The molecule has 29 heavy (non-hydrogen) atoms. The van der Waals surface area contributed by atoms with Crippen LogP contribution in [0.3, 0.4) is 0 Å². The van der Waals surface area contributed by atoms with Crippen molar-refractivity contribution in [2.45, 2.75) is 17.3 Å². The Morgan fingerprint density at radius 2 is 1.93 bits per heavy atom. The molecule has 0 saturated carbocycles. The molecule has 1 unspecified atom stereocenters. The zero-order valence-corrected chi connectivity index (χ0v) is 16.6. The monoisotopic (exact) mass is 409 g/mol. The summed E-state index contributed by atoms with van der Waals surface area (Å²) in [5.74, 6) is 0.619. The van der Waals surface area contributed by atoms with Crippen molar-refractivity contribution in [1.82, 2.24) is 19.5 Å². The highest BCUT2D eigenvalue weighted by molar-refractivity contribution is 8.00. The second-order valence-corrected chi connectivity index (χ2v) is 7.67. The number of aromatic amines is 2. The SMILES string of the molecule is COc1ccc(-n2ccnc2SC(C)C(=O)Nc2ccc3[nH]c(=O)[nH]c3c2)cc1. The molecule has 1 atom stereocenters. The molecule has 0 aliphatic carbocycles. The topological polar surface area (TPSA) is 105 Å². The number of carbonyl (C=O) groups excluding carboxylic acids is 1. The number of imidazole rings is 2. The molecule has 0 saturated heterocycles. The minimum atomic E-state index is -0.379. The molecule has 9 heteroatoms. The van der Waals surface area contributed by atoms with Crippen molar-refractivity contribution in [2.24, 2.45) is 0 Å². The quantitative estimate of drug-likeness (QED) is 0.424. The Balaban J connectivity index is 1.47. The molecule has 0 radical (unpaired) electrons. The Morgan fingerprint density at radius 3 is 2.69 bits per heavy atom. The molecule has 2 aromatic heterocycles. The Kier molecular flexibility index (Phi) is 5.13. The molecule has 0 fully saturated rings. The van der Waals surface area contributed by atoms with Crippen LogP contribution in [0.4, 0.5) is 5.69 Å². The molecule has 1 amide bonds. The Hall–Kier alpha value is -3.46. The van der Waals surface area contributed by atoms with Crippen LogP contribution in [0.1, 0.15) is 6.92 Å². The molecule has 0 spiro atoms. The van der Waals surface area contributed by atoms with Crippen molar-refractivity contribution in [2.75, 3.05) is 12.4 Å². The number of fused-ring (bicyclic) bond motifs is 1. The maximum absolute atomic E-state index is 12.6. The van der Waals surface area contributed by atoms with Gasteiger partial charge in [-0.3, -0.25) is 9.36 Å². The van der Waals surface area contributed by atoms with Gasteiger partial charge in [0.25, 0.3) is 0 Å². The van der Waals surface area contributed by atoms with E-state index in [9.17, 15) is 9.59 Å². The number of amides is 1. The molecule has 4 rings (SSSR count). The summed E-state index contributed by atoms with van der Waals surface area (Å²) in [6, 6.07) is 12.8. The fraction of sp³-hybridized carbons (Fsp3) is 0.150. The van der Waals surface area contributed by atoms with Crippen molar-refractivity contribution >= 4 is 34.4 Å². The van der Waals surface area contributed by atoms with Crippen LogP contribution in [0, 0.1) is 0 Å². The molecule has 3 N–H and O–H groups in total. The van der Waals surface area contributed by atoms with Crippen LogP contribution in [-0.4, -0.2) is 37.8 Å². The normalized spacial score (nSPS) is 12.1. The number of thioether (sulfide) groups is 1. The second kappa shape index (κ2) is 7.88. The number of carbonyl (C=O) groups is 1. The van der Waals surface area contributed by atoms with Crippen molar-refractivity contribution in [3.63, 3.8) is 0 Å². The summed E-state index contributed by atoms with van der Waals surface area (Å²) in [5, 5.41) is 3.21. The maximum atomic E-state index is 12.6. The molecule has 2 aromatic carbocycles. The molecule has 148 valence electrons. The van der Waals surface area contributed by atoms with E-state index in [0.29, 0.717) is 21.9 Å². The van der Waals surface area contributed by atoms with E-state index in [1.54, 1.807) is 31.5 Å². The minimum absolute atomic E-state index is 0.156. The summed E-state index contributed by atoms with van der Waals surface area (Å²) in [6.07, 6.45) is 3.55. The van der Waals surface area contributed by atoms with Crippen LogP contribution in [0.25, 0.3) is 16.7 Å². The van der Waals surface area contributed by atoms with Gasteiger partial charge in [0, 0.05) is 23.8 Å². The van der Waals surface area contributed by atoms with Gasteiger partial charge in [0.05, 0.1) is 23.4 Å². The summed E-state index contributed by atoms with van der Waals surface area (Å²) in [5.41, 5.74) is 2.60. The van der Waals surface area contributed by atoms with E-state index in [-0.39, 0.29) is 16.8 Å². The lowest BCUT2D eigenvalue weighted by atomic mass is 10.2. The molecule has 4 aromatic rings. The maximum Gasteiger partial charge on any atom is 0.323 e. The van der Waals surface area contributed by atoms with Crippen LogP contribution < -0.4 is 15.7 Å². The number of anilines is 1. The van der Waals surface area contributed by atoms with E-state index in [0.717, 1.165) is 11.4 Å². The third-order valence-electron chi connectivity index (χ3n) is 4.39. The first-order valence-corrected chi connectivity index (χ1v) is 9.79. The van der Waals surface area contributed by atoms with Gasteiger partial charge in [-0.05, 0) is 49.4 Å². The van der Waals surface area contributed by atoms with Crippen LogP contribution in [0.5, 0.6) is 5.75 Å². The molecule has 2 heterocycles. The van der Waals surface area contributed by atoms with Gasteiger partial charge in [-0.1, -0.05) is 11.8 Å². The van der Waals surface area contributed by atoms with Gasteiger partial charge in [-0.25, -0.2) is 9.78 Å². The number of nitrogens with zero attached hydrogens (tertiary/aromatic N) is 2. The van der Waals surface area contributed by atoms with Crippen molar-refractivity contribution < 1.29 is 9.53 Å². The average Bonchev–Trinajstić information content (AvgIpc) is 3.33. The number of ether oxygens (including phenoxy) is 1. The first-order chi connectivity index (χ1) is 14.0. The highest BCUT2D eigenvalue weighted by Crippen LogP contribution is 2.26. The zero-order chi connectivity index (χ0) is 20.4. The van der Waals surface area contributed by atoms with Crippen molar-refractivity contribution in [1.29, 1.82) is 0 Å². The summed E-state index contributed by atoms with van der Waals surface area (Å²) in [7, 11) is 1.62. The average molecular weight is 409 g/mol. The van der Waals surface area contributed by atoms with Crippen molar-refractivity contribution in [3.05, 3.63) is 65.3 Å². The van der Waals surface area contributed by atoms with E-state index in [1.807, 2.05) is 42.0 Å². The number of hydrogen-bond donors (Lipinski definition) is 3. The van der Waals surface area contributed by atoms with Gasteiger partial charge in [0.2, 0.25) is 5.91 Å². The second-order valence-electron chi connectivity index (χ2n) is 6.37. The first kappa shape index (κ1) is 18.9. The van der Waals surface area contributed by atoms with E-state index in [2.05, 4.69) is 20.3 Å². The lowest BCUT2D eigenvalue weighted by Gasteiger charge is -2.13. The van der Waals surface area contributed by atoms with Gasteiger partial charge in [-0.15, -0.1) is 0 Å². The number of rotatable bonds is 6. The molecule has 8 nitrogen and oxygen atoms in total. The summed E-state index contributed by atoms with van der Waals surface area (Å²) >= 11 is 1.36. The predicted octanol–water partition coefficient (Wildman–Crippen LogP) is 3.17. The molecular weight excluding hydrogens is 390 g/mol. The number of aromatic nitrogens is 4. The van der Waals surface area contributed by atoms with E-state index >= 15 is 0 Å². The lowest BCUT2D eigenvalue weighted by Crippen LogP contribution is -2.22. The zero-order valence-electron chi connectivity index (χ0n) is 15.8. The number of nitrogens with one attached hydrogen (secondary N) is 3. The van der Waals surface area contributed by atoms with Gasteiger partial charge in [0.1, 0.15) is 5.75 Å². The Labute approximate surface area is 170 Å². The smallest absolute Gasteiger partial charge is 0.323 e. The van der Waals surface area contributed by atoms with E-state index < -0.39 is 0 Å². The van der Waals surface area contributed by atoms with Gasteiger partial charge in [-0.2, -0.15) is 0 Å². The number of H-pyrrole nitrogens is 2. The van der Waals surface area contributed by atoms with Gasteiger partial charge < -0.3 is 20.0 Å². The summed E-state index contributed by atoms with van der Waals surface area (Å²) in [6.45, 7) is 1.82. The molecule has 0 aliphatic rings. The highest BCUT2D eigenvalue weighted by Gasteiger charge is 2.18. The summed E-state index contributed by atoms with van der Waals surface area (Å²) < 4.78 is 7.11. The van der Waals surface area contributed by atoms with Crippen LogP contribution in [0.2, 0.25) is 0 Å². The van der Waals surface area contributed by atoms with Gasteiger partial charge in [0.15, 0.2) is 5.16 Å². The molecule has 0 bridgehead atoms. The predicted molar refractivity (Wildman–Crippen MR) is 113 cm³/mol. The molecular formula is C20H19N5O3S. The Morgan fingerprint density at radius 1 is 1.17 bits per heavy atom. The van der Waals surface area contributed by atoms with Crippen LogP contribution >= 0.6 is 11.8 Å². The first-order valence-electron chi connectivity index (χ1n) is 8.91. The van der Waals surface area contributed by atoms with E-state index in [4.69, 9.17) is 4.74 Å². The highest BCUT2D eigenvalue weighted by atomic mass is 32.2. The standard InChI is InChI=1S/C20H19N5O3S/c1-12(18(26)22-13-3-8-16-17(11-13)24-19(27)23-16)29-20-21-9-10-25(20)14-4-6-15(28-2)7-5-14/h3-12H,1-2H3,(H,22,26)(H2,23,24,27). The molecule has 0 aliphatic heterocycles. The fourth-order valence-corrected chi connectivity index (χ4v) is 3.77. The third kappa shape index (κ3) is 4.04. The van der Waals surface area contributed by atoms with Crippen LogP contribution in [-0.2, 0) is 4.79 Å².